The number of carbonyl (C=O) groups is 1. The van der Waals surface area contributed by atoms with Crippen molar-refractivity contribution in [1.82, 2.24) is 20.1 Å². The maximum absolute atomic E-state index is 12.2. The molecule has 2 heterocycles. The quantitative estimate of drug-likeness (QED) is 0.841. The number of hydrogen-bond acceptors (Lipinski definition) is 7. The largest absolute Gasteiger partial charge is 0.424 e. The third kappa shape index (κ3) is 4.08. The van der Waals surface area contributed by atoms with E-state index in [2.05, 4.69) is 20.5 Å². The van der Waals surface area contributed by atoms with Crippen molar-refractivity contribution < 1.29 is 9.21 Å². The number of rotatable bonds is 7. The zero-order chi connectivity index (χ0) is 15.2. The molecule has 0 saturated carbocycles. The van der Waals surface area contributed by atoms with E-state index < -0.39 is 0 Å². The molecule has 1 unspecified atom stereocenters. The molecule has 0 aliphatic rings. The van der Waals surface area contributed by atoms with Gasteiger partial charge in [-0.2, -0.15) is 0 Å². The van der Waals surface area contributed by atoms with Crippen molar-refractivity contribution >= 4 is 22.4 Å². The third-order valence-corrected chi connectivity index (χ3v) is 3.83. The Morgan fingerprint density at radius 1 is 1.43 bits per heavy atom. The summed E-state index contributed by atoms with van der Waals surface area (Å²) in [4.78, 5) is 18.2. The highest BCUT2D eigenvalue weighted by atomic mass is 32.1. The van der Waals surface area contributed by atoms with Crippen LogP contribution in [-0.4, -0.2) is 38.6 Å². The molecular weight excluding hydrogens is 290 g/mol. The lowest BCUT2D eigenvalue weighted by atomic mass is 10.2. The molecule has 2 rings (SSSR count). The average molecular weight is 309 g/mol. The first kappa shape index (κ1) is 15.6. The molecular formula is C13H19N5O2S. The molecule has 1 N–H and O–H groups in total. The van der Waals surface area contributed by atoms with Crippen LogP contribution < -0.4 is 5.32 Å². The van der Waals surface area contributed by atoms with Gasteiger partial charge in [0.2, 0.25) is 17.7 Å². The van der Waals surface area contributed by atoms with E-state index in [-0.39, 0.29) is 11.9 Å². The highest BCUT2D eigenvalue weighted by molar-refractivity contribution is 7.13. The molecule has 0 spiro atoms. The standard InChI is InChI=1S/C13H19N5O2S/c1-4-10-16-17-11(20-10)8-18(5-2)9(3)12(19)15-13-14-6-7-21-13/h6-7,9H,4-5,8H2,1-3H3,(H,14,15,19). The van der Waals surface area contributed by atoms with Crippen LogP contribution in [-0.2, 0) is 17.8 Å². The monoisotopic (exact) mass is 309 g/mol. The van der Waals surface area contributed by atoms with Crippen LogP contribution in [0.1, 0.15) is 32.6 Å². The van der Waals surface area contributed by atoms with Crippen molar-refractivity contribution in [3.05, 3.63) is 23.4 Å². The minimum atomic E-state index is -0.309. The van der Waals surface area contributed by atoms with Gasteiger partial charge in [-0.1, -0.05) is 13.8 Å². The number of hydrogen-bond donors (Lipinski definition) is 1. The highest BCUT2D eigenvalue weighted by Crippen LogP contribution is 2.13. The van der Waals surface area contributed by atoms with Crippen LogP contribution in [0.15, 0.2) is 16.0 Å². The predicted octanol–water partition coefficient (Wildman–Crippen LogP) is 1.94. The van der Waals surface area contributed by atoms with Gasteiger partial charge in [0.05, 0.1) is 12.6 Å². The Morgan fingerprint density at radius 3 is 2.76 bits per heavy atom. The lowest BCUT2D eigenvalue weighted by Crippen LogP contribution is -2.41. The summed E-state index contributed by atoms with van der Waals surface area (Å²) in [5.74, 6) is 1.05. The van der Waals surface area contributed by atoms with Gasteiger partial charge in [0.15, 0.2) is 5.13 Å². The number of carbonyl (C=O) groups excluding carboxylic acids is 1. The van der Waals surface area contributed by atoms with E-state index in [4.69, 9.17) is 4.42 Å². The van der Waals surface area contributed by atoms with Crippen molar-refractivity contribution in [2.45, 2.75) is 39.8 Å². The molecule has 114 valence electrons. The number of nitrogens with zero attached hydrogens (tertiary/aromatic N) is 4. The number of nitrogens with one attached hydrogen (secondary N) is 1. The van der Waals surface area contributed by atoms with Gasteiger partial charge >= 0.3 is 0 Å². The summed E-state index contributed by atoms with van der Waals surface area (Å²) in [7, 11) is 0. The van der Waals surface area contributed by atoms with Gasteiger partial charge in [-0.25, -0.2) is 4.98 Å². The van der Waals surface area contributed by atoms with Crippen molar-refractivity contribution in [2.24, 2.45) is 0 Å². The first-order chi connectivity index (χ1) is 10.1. The van der Waals surface area contributed by atoms with Crippen LogP contribution in [0.4, 0.5) is 5.13 Å². The Balaban J connectivity index is 1.97. The zero-order valence-corrected chi connectivity index (χ0v) is 13.2. The number of amides is 1. The SMILES string of the molecule is CCc1nnc(CN(CC)C(C)C(=O)Nc2nccs2)o1. The Labute approximate surface area is 127 Å². The van der Waals surface area contributed by atoms with Crippen molar-refractivity contribution in [2.75, 3.05) is 11.9 Å². The van der Waals surface area contributed by atoms with E-state index in [1.807, 2.05) is 31.1 Å². The topological polar surface area (TPSA) is 84.2 Å². The van der Waals surface area contributed by atoms with Crippen molar-refractivity contribution in [3.8, 4) is 0 Å². The maximum Gasteiger partial charge on any atom is 0.243 e. The van der Waals surface area contributed by atoms with Gasteiger partial charge in [0.1, 0.15) is 0 Å². The molecule has 8 heteroatoms. The van der Waals surface area contributed by atoms with Crippen LogP contribution in [0.25, 0.3) is 0 Å². The van der Waals surface area contributed by atoms with Gasteiger partial charge in [-0.3, -0.25) is 9.69 Å². The fraction of sp³-hybridized carbons (Fsp3) is 0.538. The summed E-state index contributed by atoms with van der Waals surface area (Å²) in [6.45, 7) is 6.96. The molecule has 0 aromatic carbocycles. The van der Waals surface area contributed by atoms with Gasteiger partial charge in [-0.15, -0.1) is 21.5 Å². The first-order valence-electron chi connectivity index (χ1n) is 6.89. The number of thiazole rings is 1. The van der Waals surface area contributed by atoms with Gasteiger partial charge in [-0.05, 0) is 13.5 Å². The molecule has 7 nitrogen and oxygen atoms in total. The van der Waals surface area contributed by atoms with E-state index in [1.165, 1.54) is 11.3 Å². The second kappa shape index (κ2) is 7.28. The number of likely N-dealkylation sites (N-methyl/N-ethyl adjacent to an activating group) is 1. The van der Waals surface area contributed by atoms with E-state index >= 15 is 0 Å². The normalized spacial score (nSPS) is 12.6. The number of anilines is 1. The zero-order valence-electron chi connectivity index (χ0n) is 12.4. The Hall–Kier alpha value is -1.80. The Bertz CT molecular complexity index is 569. The molecule has 1 atom stereocenters. The van der Waals surface area contributed by atoms with E-state index in [9.17, 15) is 4.79 Å². The van der Waals surface area contributed by atoms with Crippen molar-refractivity contribution in [3.63, 3.8) is 0 Å². The molecule has 0 aliphatic heterocycles. The molecule has 0 fully saturated rings. The molecule has 1 amide bonds. The lowest BCUT2D eigenvalue weighted by Gasteiger charge is -2.24. The molecule has 0 radical (unpaired) electrons. The fourth-order valence-corrected chi connectivity index (χ4v) is 2.38. The molecule has 2 aromatic heterocycles. The molecule has 0 aliphatic carbocycles. The van der Waals surface area contributed by atoms with Crippen molar-refractivity contribution in [1.29, 1.82) is 0 Å². The van der Waals surface area contributed by atoms with E-state index in [0.717, 1.165) is 0 Å². The number of aromatic nitrogens is 3. The average Bonchev–Trinajstić information content (AvgIpc) is 3.15. The maximum atomic E-state index is 12.2. The van der Waals surface area contributed by atoms with Gasteiger partial charge in [0.25, 0.3) is 0 Å². The minimum Gasteiger partial charge on any atom is -0.424 e. The highest BCUT2D eigenvalue weighted by Gasteiger charge is 2.22. The van der Waals surface area contributed by atoms with Gasteiger partial charge < -0.3 is 9.73 Å². The lowest BCUT2D eigenvalue weighted by molar-refractivity contribution is -0.121. The van der Waals surface area contributed by atoms with E-state index in [1.54, 1.807) is 6.20 Å². The third-order valence-electron chi connectivity index (χ3n) is 3.15. The second-order valence-electron chi connectivity index (χ2n) is 4.51. The minimum absolute atomic E-state index is 0.0953. The number of aryl methyl sites for hydroxylation is 1. The van der Waals surface area contributed by atoms with Gasteiger partial charge in [0, 0.05) is 18.0 Å². The van der Waals surface area contributed by atoms with Crippen LogP contribution >= 0.6 is 11.3 Å². The molecule has 2 aromatic rings. The summed E-state index contributed by atoms with van der Waals surface area (Å²) in [6.07, 6.45) is 2.37. The fourth-order valence-electron chi connectivity index (χ4n) is 1.85. The molecule has 0 saturated heterocycles. The van der Waals surface area contributed by atoms with Crippen LogP contribution in [0.2, 0.25) is 0 Å². The Kier molecular flexibility index (Phi) is 5.40. The summed E-state index contributed by atoms with van der Waals surface area (Å²) in [5.41, 5.74) is 0. The summed E-state index contributed by atoms with van der Waals surface area (Å²) in [6, 6.07) is -0.309. The smallest absolute Gasteiger partial charge is 0.243 e. The first-order valence-corrected chi connectivity index (χ1v) is 7.77. The Morgan fingerprint density at radius 2 is 2.19 bits per heavy atom. The van der Waals surface area contributed by atoms with Crippen LogP contribution in [0.5, 0.6) is 0 Å². The predicted molar refractivity (Wildman–Crippen MR) is 80.0 cm³/mol. The van der Waals surface area contributed by atoms with Crippen LogP contribution in [0.3, 0.4) is 0 Å². The summed E-state index contributed by atoms with van der Waals surface area (Å²) < 4.78 is 5.50. The van der Waals surface area contributed by atoms with E-state index in [0.29, 0.717) is 36.4 Å². The molecule has 21 heavy (non-hydrogen) atoms. The van der Waals surface area contributed by atoms with Crippen LogP contribution in [0, 0.1) is 0 Å². The summed E-state index contributed by atoms with van der Waals surface area (Å²) in [5, 5.41) is 13.2. The summed E-state index contributed by atoms with van der Waals surface area (Å²) >= 11 is 1.40. The second-order valence-corrected chi connectivity index (χ2v) is 5.40. The molecule has 0 bridgehead atoms.